The highest BCUT2D eigenvalue weighted by molar-refractivity contribution is 6.33. The van der Waals surface area contributed by atoms with Gasteiger partial charge >= 0.3 is 11.9 Å². The van der Waals surface area contributed by atoms with E-state index in [0.29, 0.717) is 31.9 Å². The van der Waals surface area contributed by atoms with Gasteiger partial charge in [0.05, 0.1) is 41.7 Å². The Labute approximate surface area is 187 Å². The van der Waals surface area contributed by atoms with Gasteiger partial charge in [0.1, 0.15) is 0 Å². The van der Waals surface area contributed by atoms with E-state index in [1.165, 1.54) is 23.0 Å². The largest absolute Gasteiger partial charge is 0.417 e. The van der Waals surface area contributed by atoms with Gasteiger partial charge in [-0.25, -0.2) is 4.79 Å². The second-order valence-corrected chi connectivity index (χ2v) is 8.11. The minimum atomic E-state index is -4.67. The van der Waals surface area contributed by atoms with Crippen LogP contribution >= 0.6 is 11.6 Å². The number of ether oxygens (including phenoxy) is 1. The molecule has 172 valence electrons. The molecule has 0 unspecified atom stereocenters. The number of aryl methyl sites for hydroxylation is 1. The van der Waals surface area contributed by atoms with Crippen molar-refractivity contribution >= 4 is 17.3 Å². The van der Waals surface area contributed by atoms with Crippen LogP contribution in [-0.4, -0.2) is 44.7 Å². The molecule has 1 fully saturated rings. The van der Waals surface area contributed by atoms with Gasteiger partial charge in [0.15, 0.2) is 0 Å². The molecule has 1 atom stereocenters. The van der Waals surface area contributed by atoms with Crippen molar-refractivity contribution < 1.29 is 17.9 Å². The summed E-state index contributed by atoms with van der Waals surface area (Å²) in [5.74, 6) is 0. The van der Waals surface area contributed by atoms with Crippen molar-refractivity contribution in [1.29, 1.82) is 0 Å². The van der Waals surface area contributed by atoms with Crippen LogP contribution < -0.4 is 10.6 Å². The third-order valence-corrected chi connectivity index (χ3v) is 5.82. The SMILES string of the molecule is CCn1cc(Cn2ccn(-c3cc(N4CCO[C@H](C)C4)cc(C(F)(F)F)c3Cl)c2=O)cn1. The normalized spacial score (nSPS) is 17.2. The number of alkyl halides is 3. The Kier molecular flexibility index (Phi) is 6.09. The van der Waals surface area contributed by atoms with Crippen LogP contribution in [0.15, 0.2) is 41.7 Å². The van der Waals surface area contributed by atoms with Crippen molar-refractivity contribution in [3.05, 3.63) is 63.6 Å². The van der Waals surface area contributed by atoms with Crippen LogP contribution in [0, 0.1) is 0 Å². The van der Waals surface area contributed by atoms with Crippen molar-refractivity contribution in [2.24, 2.45) is 0 Å². The van der Waals surface area contributed by atoms with E-state index in [4.69, 9.17) is 16.3 Å². The molecule has 2 aromatic heterocycles. The van der Waals surface area contributed by atoms with E-state index in [-0.39, 0.29) is 18.3 Å². The van der Waals surface area contributed by atoms with Gasteiger partial charge in [-0.05, 0) is 26.0 Å². The molecule has 1 aromatic carbocycles. The van der Waals surface area contributed by atoms with Gasteiger partial charge in [0.25, 0.3) is 0 Å². The summed E-state index contributed by atoms with van der Waals surface area (Å²) in [6, 6.07) is 2.56. The van der Waals surface area contributed by atoms with E-state index in [2.05, 4.69) is 5.10 Å². The Hall–Kier alpha value is -2.72. The van der Waals surface area contributed by atoms with E-state index in [0.717, 1.165) is 16.2 Å². The zero-order chi connectivity index (χ0) is 23.0. The predicted octanol–water partition coefficient (Wildman–Crippen LogP) is 3.80. The standard InChI is InChI=1S/C21H23ClF3N5O2/c1-3-29-13-15(10-26-29)12-28-4-5-30(20(28)31)18-9-16(27-6-7-32-14(2)11-27)8-17(19(18)22)21(23,24)25/h4-5,8-10,13-14H,3,6-7,11-12H2,1-2H3/t14-/m1/s1. The lowest BCUT2D eigenvalue weighted by Gasteiger charge is -2.33. The number of anilines is 1. The minimum absolute atomic E-state index is 0.0105. The van der Waals surface area contributed by atoms with Crippen LogP contribution in [0.25, 0.3) is 5.69 Å². The van der Waals surface area contributed by atoms with E-state index >= 15 is 0 Å². The summed E-state index contributed by atoms with van der Waals surface area (Å²) in [4.78, 5) is 14.8. The molecule has 1 saturated heterocycles. The highest BCUT2D eigenvalue weighted by Crippen LogP contribution is 2.40. The number of hydrogen-bond donors (Lipinski definition) is 0. The first-order chi connectivity index (χ1) is 15.2. The number of hydrogen-bond acceptors (Lipinski definition) is 4. The van der Waals surface area contributed by atoms with Crippen molar-refractivity contribution in [3.8, 4) is 5.69 Å². The van der Waals surface area contributed by atoms with Gasteiger partial charge in [0, 0.05) is 49.5 Å². The van der Waals surface area contributed by atoms with Gasteiger partial charge in [-0.1, -0.05) is 11.6 Å². The third kappa shape index (κ3) is 4.42. The number of imidazole rings is 1. The summed E-state index contributed by atoms with van der Waals surface area (Å²) in [5, 5.41) is 3.67. The molecule has 0 saturated carbocycles. The molecule has 0 radical (unpaired) electrons. The van der Waals surface area contributed by atoms with Gasteiger partial charge < -0.3 is 9.64 Å². The maximum absolute atomic E-state index is 13.8. The van der Waals surface area contributed by atoms with Crippen molar-refractivity contribution in [2.45, 2.75) is 39.2 Å². The Balaban J connectivity index is 1.76. The van der Waals surface area contributed by atoms with Gasteiger partial charge in [-0.15, -0.1) is 0 Å². The summed E-state index contributed by atoms with van der Waals surface area (Å²) in [6.07, 6.45) is 1.64. The Morgan fingerprint density at radius 2 is 2.06 bits per heavy atom. The second kappa shape index (κ2) is 8.67. The number of nitrogens with zero attached hydrogens (tertiary/aromatic N) is 5. The monoisotopic (exact) mass is 469 g/mol. The van der Waals surface area contributed by atoms with Crippen LogP contribution in [0.2, 0.25) is 5.02 Å². The van der Waals surface area contributed by atoms with Gasteiger partial charge in [-0.2, -0.15) is 18.3 Å². The van der Waals surface area contributed by atoms with Crippen LogP contribution in [0.5, 0.6) is 0 Å². The van der Waals surface area contributed by atoms with E-state index in [1.54, 1.807) is 10.9 Å². The average Bonchev–Trinajstić information content (AvgIpc) is 3.34. The summed E-state index contributed by atoms with van der Waals surface area (Å²) >= 11 is 6.19. The maximum atomic E-state index is 13.8. The Morgan fingerprint density at radius 1 is 1.28 bits per heavy atom. The molecule has 4 rings (SSSR count). The molecule has 1 aliphatic rings. The molecule has 3 aromatic rings. The molecule has 0 spiro atoms. The highest BCUT2D eigenvalue weighted by atomic mass is 35.5. The van der Waals surface area contributed by atoms with Gasteiger partial charge in [0.2, 0.25) is 0 Å². The van der Waals surface area contributed by atoms with Crippen LogP contribution in [0.3, 0.4) is 0 Å². The average molecular weight is 470 g/mol. The molecule has 1 aliphatic heterocycles. The fourth-order valence-corrected chi connectivity index (χ4v) is 4.09. The summed E-state index contributed by atoms with van der Waals surface area (Å²) in [7, 11) is 0. The van der Waals surface area contributed by atoms with Crippen LogP contribution in [0.4, 0.5) is 18.9 Å². The Bertz CT molecular complexity index is 1170. The molecule has 0 amide bonds. The van der Waals surface area contributed by atoms with Crippen LogP contribution in [-0.2, 0) is 24.0 Å². The van der Waals surface area contributed by atoms with E-state index in [1.807, 2.05) is 24.9 Å². The number of halogens is 4. The predicted molar refractivity (Wildman–Crippen MR) is 115 cm³/mol. The fraction of sp³-hybridized carbons (Fsp3) is 0.429. The quantitative estimate of drug-likeness (QED) is 0.570. The van der Waals surface area contributed by atoms with Gasteiger partial charge in [-0.3, -0.25) is 13.8 Å². The molecule has 0 aliphatic carbocycles. The molecule has 11 heteroatoms. The number of rotatable bonds is 5. The number of morpholine rings is 1. The molecule has 32 heavy (non-hydrogen) atoms. The molecule has 0 N–H and O–H groups in total. The second-order valence-electron chi connectivity index (χ2n) is 7.73. The maximum Gasteiger partial charge on any atom is 0.417 e. The van der Waals surface area contributed by atoms with Crippen molar-refractivity contribution in [1.82, 2.24) is 18.9 Å². The van der Waals surface area contributed by atoms with Crippen molar-refractivity contribution in [3.63, 3.8) is 0 Å². The Morgan fingerprint density at radius 3 is 2.72 bits per heavy atom. The number of aromatic nitrogens is 4. The molecule has 7 nitrogen and oxygen atoms in total. The molecular weight excluding hydrogens is 447 g/mol. The molecule has 0 bridgehead atoms. The lowest BCUT2D eigenvalue weighted by molar-refractivity contribution is -0.137. The zero-order valence-corrected chi connectivity index (χ0v) is 18.4. The number of benzene rings is 1. The minimum Gasteiger partial charge on any atom is -0.375 e. The summed E-state index contributed by atoms with van der Waals surface area (Å²) in [5.41, 5.74) is -0.323. The van der Waals surface area contributed by atoms with Crippen molar-refractivity contribution in [2.75, 3.05) is 24.6 Å². The van der Waals surface area contributed by atoms with Crippen LogP contribution in [0.1, 0.15) is 25.0 Å². The first-order valence-electron chi connectivity index (χ1n) is 10.2. The zero-order valence-electron chi connectivity index (χ0n) is 17.6. The first-order valence-corrected chi connectivity index (χ1v) is 10.6. The van der Waals surface area contributed by atoms with E-state index in [9.17, 15) is 18.0 Å². The van der Waals surface area contributed by atoms with E-state index < -0.39 is 22.5 Å². The fourth-order valence-electron chi connectivity index (χ4n) is 3.79. The lowest BCUT2D eigenvalue weighted by atomic mass is 10.1. The summed E-state index contributed by atoms with van der Waals surface area (Å²) in [6.45, 7) is 6.04. The first kappa shape index (κ1) is 22.5. The summed E-state index contributed by atoms with van der Waals surface area (Å²) < 4.78 is 51.1. The third-order valence-electron chi connectivity index (χ3n) is 5.42. The highest BCUT2D eigenvalue weighted by Gasteiger charge is 2.36. The molecule has 3 heterocycles. The smallest absolute Gasteiger partial charge is 0.375 e. The lowest BCUT2D eigenvalue weighted by Crippen LogP contribution is -2.41. The topological polar surface area (TPSA) is 57.2 Å². The molecular formula is C21H23ClF3N5O2.